The lowest BCUT2D eigenvalue weighted by Gasteiger charge is -2.12. The van der Waals surface area contributed by atoms with Crippen LogP contribution >= 0.6 is 11.8 Å². The normalized spacial score (nSPS) is 15.0. The van der Waals surface area contributed by atoms with Crippen LogP contribution in [-0.2, 0) is 9.59 Å². The molecule has 1 fully saturated rings. The highest BCUT2D eigenvalue weighted by molar-refractivity contribution is 8.19. The number of anilines is 1. The summed E-state index contributed by atoms with van der Waals surface area (Å²) in [5.41, 5.74) is 1.05. The number of methoxy groups -OCH3 is 2. The van der Waals surface area contributed by atoms with Gasteiger partial charge in [0.2, 0.25) is 0 Å². The van der Waals surface area contributed by atoms with E-state index in [0.29, 0.717) is 22.7 Å². The second kappa shape index (κ2) is 8.70. The Kier molecular flexibility index (Phi) is 6.08. The molecule has 1 N–H and O–H groups in total. The molecule has 2 aromatic rings. The van der Waals surface area contributed by atoms with Gasteiger partial charge in [0.05, 0.1) is 24.8 Å². The number of ether oxygens (including phenoxy) is 3. The minimum absolute atomic E-state index is 0.257. The maximum absolute atomic E-state index is 12.7. The summed E-state index contributed by atoms with van der Waals surface area (Å²) in [6.45, 7) is -0.504. The number of imide groups is 1. The Hall–Kier alpha value is -3.46. The molecule has 0 spiro atoms. The number of amides is 2. The molecular weight excluding hydrogens is 398 g/mol. The lowest BCUT2D eigenvalue weighted by molar-refractivity contribution is -0.139. The van der Waals surface area contributed by atoms with E-state index in [-0.39, 0.29) is 10.7 Å². The van der Waals surface area contributed by atoms with Crippen LogP contribution in [0.5, 0.6) is 17.2 Å². The van der Waals surface area contributed by atoms with Crippen LogP contribution < -0.4 is 19.1 Å². The molecule has 0 radical (unpaired) electrons. The highest BCUT2D eigenvalue weighted by atomic mass is 32.2. The van der Waals surface area contributed by atoms with Gasteiger partial charge in [0.1, 0.15) is 5.75 Å². The van der Waals surface area contributed by atoms with Crippen LogP contribution in [0.25, 0.3) is 6.08 Å². The third-order valence-corrected chi connectivity index (χ3v) is 4.83. The summed E-state index contributed by atoms with van der Waals surface area (Å²) in [7, 11) is 2.95. The molecule has 9 heteroatoms. The minimum Gasteiger partial charge on any atom is -0.497 e. The van der Waals surface area contributed by atoms with E-state index in [1.807, 2.05) is 0 Å². The van der Waals surface area contributed by atoms with E-state index in [0.717, 1.165) is 16.7 Å². The number of hydrogen-bond acceptors (Lipinski definition) is 7. The summed E-state index contributed by atoms with van der Waals surface area (Å²) < 4.78 is 15.5. The van der Waals surface area contributed by atoms with Gasteiger partial charge in [-0.1, -0.05) is 6.07 Å². The van der Waals surface area contributed by atoms with Crippen molar-refractivity contribution in [3.05, 3.63) is 52.9 Å². The molecule has 1 aliphatic rings. The van der Waals surface area contributed by atoms with E-state index >= 15 is 0 Å². The van der Waals surface area contributed by atoms with Crippen LogP contribution in [0.1, 0.15) is 5.56 Å². The van der Waals surface area contributed by atoms with Gasteiger partial charge in [-0.05, 0) is 59.8 Å². The van der Waals surface area contributed by atoms with E-state index in [4.69, 9.17) is 19.3 Å². The lowest BCUT2D eigenvalue weighted by Crippen LogP contribution is -2.27. The van der Waals surface area contributed by atoms with Crippen LogP contribution in [0.2, 0.25) is 0 Å². The van der Waals surface area contributed by atoms with Crippen molar-refractivity contribution in [3.63, 3.8) is 0 Å². The molecule has 0 saturated carbocycles. The van der Waals surface area contributed by atoms with Gasteiger partial charge in [-0.25, -0.2) is 9.69 Å². The molecule has 0 unspecified atom stereocenters. The summed E-state index contributed by atoms with van der Waals surface area (Å²) in [5.74, 6) is -0.347. The number of hydrogen-bond donors (Lipinski definition) is 1. The lowest BCUT2D eigenvalue weighted by atomic mass is 10.2. The van der Waals surface area contributed by atoms with E-state index < -0.39 is 23.7 Å². The number of rotatable bonds is 7. The van der Waals surface area contributed by atoms with Gasteiger partial charge in [0.25, 0.3) is 11.1 Å². The average Bonchev–Trinajstić information content (AvgIpc) is 2.99. The largest absolute Gasteiger partial charge is 0.497 e. The Morgan fingerprint density at radius 2 is 1.79 bits per heavy atom. The van der Waals surface area contributed by atoms with E-state index in [1.54, 1.807) is 48.5 Å². The molecule has 0 bridgehead atoms. The van der Waals surface area contributed by atoms with E-state index in [2.05, 4.69) is 0 Å². The smallest absolute Gasteiger partial charge is 0.341 e. The maximum Gasteiger partial charge on any atom is 0.341 e. The molecular formula is C20H17NO7S. The summed E-state index contributed by atoms with van der Waals surface area (Å²) in [5, 5.41) is 8.32. The SMILES string of the molecule is COc1ccc(N2C(=O)S/C(=C/c3ccc(OCC(=O)O)c(OC)c3)C2=O)cc1. The number of aliphatic carboxylic acids is 1. The van der Waals surface area contributed by atoms with Crippen molar-refractivity contribution in [2.24, 2.45) is 0 Å². The summed E-state index contributed by atoms with van der Waals surface area (Å²) in [6.07, 6.45) is 1.57. The zero-order valence-corrected chi connectivity index (χ0v) is 16.4. The number of carboxylic acid groups (broad SMARTS) is 1. The minimum atomic E-state index is -1.11. The molecule has 0 aromatic heterocycles. The molecule has 0 aliphatic carbocycles. The highest BCUT2D eigenvalue weighted by Crippen LogP contribution is 2.37. The maximum atomic E-state index is 12.7. The molecule has 8 nitrogen and oxygen atoms in total. The number of carbonyl (C=O) groups is 3. The van der Waals surface area contributed by atoms with Crippen LogP contribution in [0, 0.1) is 0 Å². The molecule has 0 atom stereocenters. The number of carboxylic acids is 1. The van der Waals surface area contributed by atoms with Crippen LogP contribution in [0.4, 0.5) is 10.5 Å². The van der Waals surface area contributed by atoms with Crippen molar-refractivity contribution in [3.8, 4) is 17.2 Å². The fraction of sp³-hybridized carbons (Fsp3) is 0.150. The number of benzene rings is 2. The Bertz CT molecular complexity index is 985. The van der Waals surface area contributed by atoms with Gasteiger partial charge in [-0.3, -0.25) is 9.59 Å². The zero-order chi connectivity index (χ0) is 21.0. The first-order valence-corrected chi connectivity index (χ1v) is 9.19. The van der Waals surface area contributed by atoms with Crippen LogP contribution in [0.15, 0.2) is 47.4 Å². The first kappa shape index (κ1) is 20.3. The Balaban J connectivity index is 1.84. The topological polar surface area (TPSA) is 102 Å². The highest BCUT2D eigenvalue weighted by Gasteiger charge is 2.36. The second-order valence-corrected chi connectivity index (χ2v) is 6.80. The molecule has 1 saturated heterocycles. The number of carbonyl (C=O) groups excluding carboxylic acids is 2. The molecule has 3 rings (SSSR count). The van der Waals surface area contributed by atoms with Crippen molar-refractivity contribution >= 4 is 40.6 Å². The van der Waals surface area contributed by atoms with Crippen LogP contribution in [0.3, 0.4) is 0 Å². The zero-order valence-electron chi connectivity index (χ0n) is 15.6. The second-order valence-electron chi connectivity index (χ2n) is 5.81. The van der Waals surface area contributed by atoms with Gasteiger partial charge in [-0.2, -0.15) is 0 Å². The van der Waals surface area contributed by atoms with Crippen molar-refractivity contribution in [2.45, 2.75) is 0 Å². The third-order valence-electron chi connectivity index (χ3n) is 3.96. The molecule has 150 valence electrons. The Morgan fingerprint density at radius 1 is 1.07 bits per heavy atom. The van der Waals surface area contributed by atoms with E-state index in [9.17, 15) is 14.4 Å². The molecule has 1 aliphatic heterocycles. The molecule has 1 heterocycles. The van der Waals surface area contributed by atoms with Crippen molar-refractivity contribution in [1.29, 1.82) is 0 Å². The van der Waals surface area contributed by atoms with Gasteiger partial charge in [0.15, 0.2) is 18.1 Å². The first-order valence-electron chi connectivity index (χ1n) is 8.37. The summed E-state index contributed by atoms with van der Waals surface area (Å²) >= 11 is 0.831. The van der Waals surface area contributed by atoms with Gasteiger partial charge >= 0.3 is 5.97 Å². The number of thioether (sulfide) groups is 1. The van der Waals surface area contributed by atoms with Crippen molar-refractivity contribution in [2.75, 3.05) is 25.7 Å². The molecule has 2 amide bonds. The predicted molar refractivity (Wildman–Crippen MR) is 108 cm³/mol. The first-order chi connectivity index (χ1) is 13.9. The third kappa shape index (κ3) is 4.52. The summed E-state index contributed by atoms with van der Waals surface area (Å²) in [4.78, 5) is 37.1. The fourth-order valence-corrected chi connectivity index (χ4v) is 3.45. The quantitative estimate of drug-likeness (QED) is 0.687. The van der Waals surface area contributed by atoms with Gasteiger partial charge in [0, 0.05) is 0 Å². The standard InChI is InChI=1S/C20H17NO7S/c1-26-14-6-4-13(5-7-14)21-19(24)17(29-20(21)25)10-12-3-8-15(16(9-12)27-2)28-11-18(22)23/h3-10H,11H2,1-2H3,(H,22,23)/b17-10+. The van der Waals surface area contributed by atoms with Crippen LogP contribution in [-0.4, -0.2) is 43.0 Å². The Morgan fingerprint density at radius 3 is 2.41 bits per heavy atom. The monoisotopic (exact) mass is 415 g/mol. The van der Waals surface area contributed by atoms with Crippen molar-refractivity contribution in [1.82, 2.24) is 0 Å². The molecule has 29 heavy (non-hydrogen) atoms. The molecule has 2 aromatic carbocycles. The van der Waals surface area contributed by atoms with Gasteiger partial charge < -0.3 is 19.3 Å². The average molecular weight is 415 g/mol. The Labute approximate surface area is 170 Å². The number of nitrogens with zero attached hydrogens (tertiary/aromatic N) is 1. The predicted octanol–water partition coefficient (Wildman–Crippen LogP) is 3.41. The van der Waals surface area contributed by atoms with Crippen molar-refractivity contribution < 1.29 is 33.7 Å². The van der Waals surface area contributed by atoms with Gasteiger partial charge in [-0.15, -0.1) is 0 Å². The fourth-order valence-electron chi connectivity index (χ4n) is 2.61. The summed E-state index contributed by atoms with van der Waals surface area (Å²) in [6, 6.07) is 11.4. The van der Waals surface area contributed by atoms with E-state index in [1.165, 1.54) is 14.2 Å².